The number of anilines is 1. The number of aryl methyl sites for hydroxylation is 1. The topological polar surface area (TPSA) is 62.2 Å². The summed E-state index contributed by atoms with van der Waals surface area (Å²) < 4.78 is 5.21. The van der Waals surface area contributed by atoms with Crippen molar-refractivity contribution in [1.29, 1.82) is 0 Å². The molecule has 0 spiro atoms. The molecule has 1 fully saturated rings. The molecular weight excluding hydrogens is 402 g/mol. The van der Waals surface area contributed by atoms with Crippen LogP contribution in [0.1, 0.15) is 37.8 Å². The SMILES string of the molecule is CCOC(=O)C1CCN(C2=NC(Cc3ccccc3)C(=O)N2c2cccc(CC)c2)CC1. The molecule has 2 aliphatic heterocycles. The number of guanidine groups is 1. The van der Waals surface area contributed by atoms with Gasteiger partial charge in [0.05, 0.1) is 18.2 Å². The molecule has 2 heterocycles. The number of likely N-dealkylation sites (tertiary alicyclic amines) is 1. The summed E-state index contributed by atoms with van der Waals surface area (Å²) in [7, 11) is 0. The number of nitrogens with zero attached hydrogens (tertiary/aromatic N) is 3. The molecule has 0 aliphatic carbocycles. The molecule has 6 nitrogen and oxygen atoms in total. The molecule has 0 bridgehead atoms. The van der Waals surface area contributed by atoms with Gasteiger partial charge in [0.2, 0.25) is 5.96 Å². The fraction of sp³-hybridized carbons (Fsp3) is 0.423. The molecule has 0 radical (unpaired) electrons. The van der Waals surface area contributed by atoms with Gasteiger partial charge in [0, 0.05) is 19.5 Å². The lowest BCUT2D eigenvalue weighted by Gasteiger charge is -2.35. The van der Waals surface area contributed by atoms with Crippen LogP contribution in [0.2, 0.25) is 0 Å². The number of benzene rings is 2. The fourth-order valence-corrected chi connectivity index (χ4v) is 4.43. The van der Waals surface area contributed by atoms with Gasteiger partial charge in [-0.05, 0) is 49.4 Å². The third-order valence-corrected chi connectivity index (χ3v) is 6.22. The van der Waals surface area contributed by atoms with Gasteiger partial charge >= 0.3 is 5.97 Å². The number of carbonyl (C=O) groups excluding carboxylic acids is 2. The van der Waals surface area contributed by atoms with E-state index in [-0.39, 0.29) is 17.8 Å². The van der Waals surface area contributed by atoms with Crippen molar-refractivity contribution < 1.29 is 14.3 Å². The average Bonchev–Trinajstić information content (AvgIpc) is 3.15. The van der Waals surface area contributed by atoms with Gasteiger partial charge in [-0.3, -0.25) is 9.59 Å². The van der Waals surface area contributed by atoms with Gasteiger partial charge in [0.25, 0.3) is 5.91 Å². The first kappa shape index (κ1) is 22.1. The van der Waals surface area contributed by atoms with E-state index in [1.165, 1.54) is 5.56 Å². The van der Waals surface area contributed by atoms with Crippen LogP contribution in [0.5, 0.6) is 0 Å². The Balaban J connectivity index is 1.59. The summed E-state index contributed by atoms with van der Waals surface area (Å²) in [5, 5.41) is 0. The van der Waals surface area contributed by atoms with E-state index < -0.39 is 6.04 Å². The van der Waals surface area contributed by atoms with Gasteiger partial charge in [-0.15, -0.1) is 0 Å². The van der Waals surface area contributed by atoms with Crippen molar-refractivity contribution >= 4 is 23.5 Å². The zero-order chi connectivity index (χ0) is 22.5. The first-order valence-electron chi connectivity index (χ1n) is 11.6. The molecule has 2 aromatic carbocycles. The molecule has 4 rings (SSSR count). The van der Waals surface area contributed by atoms with Gasteiger partial charge in [-0.25, -0.2) is 9.89 Å². The first-order valence-corrected chi connectivity index (χ1v) is 11.6. The van der Waals surface area contributed by atoms with Crippen molar-refractivity contribution in [2.45, 2.75) is 45.6 Å². The van der Waals surface area contributed by atoms with E-state index in [9.17, 15) is 9.59 Å². The maximum Gasteiger partial charge on any atom is 0.309 e. The summed E-state index contributed by atoms with van der Waals surface area (Å²) in [4.78, 5) is 34.5. The Kier molecular flexibility index (Phi) is 6.88. The summed E-state index contributed by atoms with van der Waals surface area (Å²) in [5.41, 5.74) is 3.14. The van der Waals surface area contributed by atoms with E-state index in [2.05, 4.69) is 24.0 Å². The smallest absolute Gasteiger partial charge is 0.309 e. The van der Waals surface area contributed by atoms with E-state index in [0.717, 1.165) is 17.7 Å². The lowest BCUT2D eigenvalue weighted by atomic mass is 9.97. The van der Waals surface area contributed by atoms with Crippen LogP contribution in [0.4, 0.5) is 5.69 Å². The van der Waals surface area contributed by atoms with Crippen molar-refractivity contribution in [3.05, 3.63) is 65.7 Å². The summed E-state index contributed by atoms with van der Waals surface area (Å²) >= 11 is 0. The van der Waals surface area contributed by atoms with Crippen molar-refractivity contribution in [3.63, 3.8) is 0 Å². The molecule has 0 saturated carbocycles. The molecule has 1 atom stereocenters. The Labute approximate surface area is 189 Å². The van der Waals surface area contributed by atoms with Crippen molar-refractivity contribution in [2.24, 2.45) is 10.9 Å². The molecule has 2 aliphatic rings. The maximum absolute atomic E-state index is 13.5. The molecule has 168 valence electrons. The Morgan fingerprint density at radius 2 is 1.75 bits per heavy atom. The van der Waals surface area contributed by atoms with Gasteiger partial charge in [-0.2, -0.15) is 0 Å². The molecule has 6 heteroatoms. The number of hydrogen-bond donors (Lipinski definition) is 0. The molecule has 1 saturated heterocycles. The molecule has 32 heavy (non-hydrogen) atoms. The highest BCUT2D eigenvalue weighted by Gasteiger charge is 2.40. The van der Waals surface area contributed by atoms with Gasteiger partial charge < -0.3 is 9.64 Å². The van der Waals surface area contributed by atoms with Gasteiger partial charge in [0.1, 0.15) is 6.04 Å². The lowest BCUT2D eigenvalue weighted by molar-refractivity contribution is -0.149. The summed E-state index contributed by atoms with van der Waals surface area (Å²) in [6.07, 6.45) is 2.89. The highest BCUT2D eigenvalue weighted by atomic mass is 16.5. The van der Waals surface area contributed by atoms with Crippen molar-refractivity contribution in [1.82, 2.24) is 4.90 Å². The van der Waals surface area contributed by atoms with E-state index in [4.69, 9.17) is 9.73 Å². The number of esters is 1. The van der Waals surface area contributed by atoms with E-state index >= 15 is 0 Å². The quantitative estimate of drug-likeness (QED) is 0.650. The molecule has 1 amide bonds. The predicted octanol–water partition coefficient (Wildman–Crippen LogP) is 3.84. The van der Waals surface area contributed by atoms with Crippen LogP contribution < -0.4 is 4.90 Å². The van der Waals surface area contributed by atoms with Crippen molar-refractivity contribution in [2.75, 3.05) is 24.6 Å². The maximum atomic E-state index is 13.5. The van der Waals surface area contributed by atoms with E-state index in [1.807, 2.05) is 49.4 Å². The lowest BCUT2D eigenvalue weighted by Crippen LogP contribution is -2.48. The minimum absolute atomic E-state index is 0.00428. The minimum Gasteiger partial charge on any atom is -0.466 e. The predicted molar refractivity (Wildman–Crippen MR) is 126 cm³/mol. The van der Waals surface area contributed by atoms with Crippen LogP contribution in [-0.2, 0) is 27.2 Å². The largest absolute Gasteiger partial charge is 0.466 e. The number of piperidine rings is 1. The Morgan fingerprint density at radius 3 is 2.44 bits per heavy atom. The highest BCUT2D eigenvalue weighted by molar-refractivity contribution is 6.22. The van der Waals surface area contributed by atoms with Crippen LogP contribution in [-0.4, -0.2) is 48.5 Å². The fourth-order valence-electron chi connectivity index (χ4n) is 4.43. The van der Waals surface area contributed by atoms with Gasteiger partial charge in [0.15, 0.2) is 0 Å². The summed E-state index contributed by atoms with van der Waals surface area (Å²) in [5.74, 6) is 0.503. The second-order valence-corrected chi connectivity index (χ2v) is 8.35. The average molecular weight is 434 g/mol. The Hall–Kier alpha value is -3.15. The number of aliphatic imine (C=N–C) groups is 1. The van der Waals surface area contributed by atoms with Gasteiger partial charge in [-0.1, -0.05) is 49.4 Å². The highest BCUT2D eigenvalue weighted by Crippen LogP contribution is 2.28. The Bertz CT molecular complexity index is 981. The number of carbonyl (C=O) groups is 2. The van der Waals surface area contributed by atoms with Crippen LogP contribution in [0.25, 0.3) is 0 Å². The third kappa shape index (κ3) is 4.69. The number of ether oxygens (including phenoxy) is 1. The number of hydrogen-bond acceptors (Lipinski definition) is 5. The van der Waals surface area contributed by atoms with Crippen LogP contribution in [0.3, 0.4) is 0 Å². The molecular formula is C26H31N3O3. The van der Waals surface area contributed by atoms with E-state index in [0.29, 0.717) is 44.9 Å². The normalized spacial score (nSPS) is 19.2. The molecule has 1 unspecified atom stereocenters. The van der Waals surface area contributed by atoms with E-state index in [1.54, 1.807) is 4.90 Å². The second-order valence-electron chi connectivity index (χ2n) is 8.35. The monoisotopic (exact) mass is 433 g/mol. The molecule has 0 aromatic heterocycles. The standard InChI is InChI=1S/C26H31N3O3/c1-3-19-11-8-12-22(17-19)29-24(30)23(18-20-9-6-5-7-10-20)27-26(29)28-15-13-21(14-16-28)25(31)32-4-2/h5-12,17,21,23H,3-4,13-16,18H2,1-2H3. The number of amides is 1. The van der Waals surface area contributed by atoms with Crippen LogP contribution in [0.15, 0.2) is 59.6 Å². The summed E-state index contributed by atoms with van der Waals surface area (Å²) in [6.45, 7) is 5.71. The first-order chi connectivity index (χ1) is 15.6. The molecule has 2 aromatic rings. The second kappa shape index (κ2) is 9.98. The summed E-state index contributed by atoms with van der Waals surface area (Å²) in [6, 6.07) is 17.7. The van der Waals surface area contributed by atoms with Crippen LogP contribution in [0, 0.1) is 5.92 Å². The molecule has 0 N–H and O–H groups in total. The zero-order valence-electron chi connectivity index (χ0n) is 18.9. The third-order valence-electron chi connectivity index (χ3n) is 6.22. The van der Waals surface area contributed by atoms with Crippen molar-refractivity contribution in [3.8, 4) is 0 Å². The number of rotatable bonds is 6. The minimum atomic E-state index is -0.444. The zero-order valence-corrected chi connectivity index (χ0v) is 18.9. The van der Waals surface area contributed by atoms with Crippen LogP contribution >= 0.6 is 0 Å². The Morgan fingerprint density at radius 1 is 1.03 bits per heavy atom.